The van der Waals surface area contributed by atoms with Crippen LogP contribution in [0.15, 0.2) is 17.2 Å². The number of nitrogens with one attached hydrogen (secondary N) is 1. The molecule has 0 atom stereocenters. The largest absolute Gasteiger partial charge is 0.491 e. The zero-order chi connectivity index (χ0) is 13.5. The fraction of sp³-hybridized carbons (Fsp3) is 0.273. The Hall–Kier alpha value is -1.95. The Morgan fingerprint density at radius 2 is 2.33 bits per heavy atom. The molecular formula is C11H14ClN3O3. The van der Waals surface area contributed by atoms with Crippen molar-refractivity contribution >= 4 is 23.8 Å². The molecule has 0 aliphatic rings. The molecule has 7 heteroatoms. The fourth-order valence-electron chi connectivity index (χ4n) is 1.29. The van der Waals surface area contributed by atoms with Crippen molar-refractivity contribution in [3.05, 3.63) is 22.7 Å². The van der Waals surface area contributed by atoms with Crippen LogP contribution in [0, 0.1) is 0 Å². The fourth-order valence-corrected chi connectivity index (χ4v) is 1.59. The summed E-state index contributed by atoms with van der Waals surface area (Å²) in [5.74, 6) is 0.964. The predicted octanol–water partition coefficient (Wildman–Crippen LogP) is 1.75. The van der Waals surface area contributed by atoms with E-state index < -0.39 is 6.03 Å². The summed E-state index contributed by atoms with van der Waals surface area (Å²) >= 11 is 6.03. The molecule has 0 saturated heterocycles. The number of benzene rings is 1. The van der Waals surface area contributed by atoms with Gasteiger partial charge in [-0.1, -0.05) is 11.6 Å². The number of methoxy groups -OCH3 is 1. The van der Waals surface area contributed by atoms with Crippen LogP contribution in [0.3, 0.4) is 0 Å². The smallest absolute Gasteiger partial charge is 0.332 e. The zero-order valence-corrected chi connectivity index (χ0v) is 10.8. The molecule has 0 spiro atoms. The highest BCUT2D eigenvalue weighted by Crippen LogP contribution is 2.35. The van der Waals surface area contributed by atoms with E-state index in [1.165, 1.54) is 13.3 Å². The number of nitrogens with zero attached hydrogens (tertiary/aromatic N) is 1. The lowest BCUT2D eigenvalue weighted by atomic mass is 10.2. The molecule has 0 heterocycles. The lowest BCUT2D eigenvalue weighted by molar-refractivity contribution is 0.249. The molecule has 2 amide bonds. The van der Waals surface area contributed by atoms with Crippen LogP contribution in [-0.4, -0.2) is 26.0 Å². The molecule has 0 aromatic heterocycles. The van der Waals surface area contributed by atoms with Crippen LogP contribution < -0.4 is 20.6 Å². The summed E-state index contributed by atoms with van der Waals surface area (Å²) in [5.41, 5.74) is 7.61. The van der Waals surface area contributed by atoms with Crippen molar-refractivity contribution in [3.8, 4) is 11.5 Å². The Morgan fingerprint density at radius 3 is 2.89 bits per heavy atom. The summed E-state index contributed by atoms with van der Waals surface area (Å²) in [6.45, 7) is 2.33. The Kier molecular flexibility index (Phi) is 5.26. The lowest BCUT2D eigenvalue weighted by Crippen LogP contribution is -2.24. The van der Waals surface area contributed by atoms with Gasteiger partial charge in [-0.15, -0.1) is 0 Å². The van der Waals surface area contributed by atoms with Crippen LogP contribution in [0.2, 0.25) is 5.02 Å². The quantitative estimate of drug-likeness (QED) is 0.632. The Bertz CT molecular complexity index is 463. The minimum atomic E-state index is -0.740. The van der Waals surface area contributed by atoms with Gasteiger partial charge in [-0.3, -0.25) is 0 Å². The van der Waals surface area contributed by atoms with Gasteiger partial charge in [0.15, 0.2) is 11.5 Å². The molecule has 1 rings (SSSR count). The number of carbonyl (C=O) groups excluding carboxylic acids is 1. The van der Waals surface area contributed by atoms with Gasteiger partial charge in [0.25, 0.3) is 0 Å². The Labute approximate surface area is 110 Å². The van der Waals surface area contributed by atoms with E-state index in [1.54, 1.807) is 12.1 Å². The van der Waals surface area contributed by atoms with Gasteiger partial charge in [-0.2, -0.15) is 5.10 Å². The van der Waals surface area contributed by atoms with E-state index in [9.17, 15) is 4.79 Å². The van der Waals surface area contributed by atoms with Gasteiger partial charge >= 0.3 is 6.03 Å². The molecule has 0 saturated carbocycles. The van der Waals surface area contributed by atoms with Gasteiger partial charge in [-0.25, -0.2) is 10.2 Å². The molecule has 1 aromatic carbocycles. The number of hydrogen-bond acceptors (Lipinski definition) is 4. The van der Waals surface area contributed by atoms with Crippen molar-refractivity contribution < 1.29 is 14.3 Å². The van der Waals surface area contributed by atoms with E-state index in [0.717, 1.165) is 0 Å². The van der Waals surface area contributed by atoms with Gasteiger partial charge in [0.1, 0.15) is 0 Å². The van der Waals surface area contributed by atoms with Crippen LogP contribution in [0.25, 0.3) is 0 Å². The maximum Gasteiger partial charge on any atom is 0.332 e. The van der Waals surface area contributed by atoms with Crippen LogP contribution in [-0.2, 0) is 0 Å². The zero-order valence-electron chi connectivity index (χ0n) is 10.1. The number of amides is 2. The summed E-state index contributed by atoms with van der Waals surface area (Å²) in [6.07, 6.45) is 1.40. The first-order valence-corrected chi connectivity index (χ1v) is 5.55. The number of hydrogen-bond donors (Lipinski definition) is 2. The second kappa shape index (κ2) is 6.70. The number of urea groups is 1. The van der Waals surface area contributed by atoms with Crippen molar-refractivity contribution in [1.82, 2.24) is 5.43 Å². The topological polar surface area (TPSA) is 85.9 Å². The molecule has 0 bridgehead atoms. The van der Waals surface area contributed by atoms with E-state index in [4.69, 9.17) is 26.8 Å². The highest BCUT2D eigenvalue weighted by molar-refractivity contribution is 6.32. The molecule has 1 aromatic rings. The molecular weight excluding hydrogens is 258 g/mol. The molecule has 0 fully saturated rings. The monoisotopic (exact) mass is 271 g/mol. The van der Waals surface area contributed by atoms with Crippen LogP contribution in [0.1, 0.15) is 12.5 Å². The number of nitrogens with two attached hydrogens (primary N) is 1. The summed E-state index contributed by atoms with van der Waals surface area (Å²) < 4.78 is 10.5. The van der Waals surface area contributed by atoms with Crippen molar-refractivity contribution in [2.75, 3.05) is 13.7 Å². The highest BCUT2D eigenvalue weighted by Gasteiger charge is 2.10. The van der Waals surface area contributed by atoms with E-state index in [0.29, 0.717) is 28.7 Å². The number of rotatable bonds is 5. The number of hydrazone groups is 1. The first-order chi connectivity index (χ1) is 8.58. The number of primary amides is 1. The SMILES string of the molecule is CCOc1cc(/C=N/NC(N)=O)cc(Cl)c1OC. The summed E-state index contributed by atoms with van der Waals surface area (Å²) in [7, 11) is 1.51. The number of ether oxygens (including phenoxy) is 2. The Morgan fingerprint density at radius 1 is 1.61 bits per heavy atom. The van der Waals surface area contributed by atoms with Crippen molar-refractivity contribution in [2.24, 2.45) is 10.8 Å². The first-order valence-electron chi connectivity index (χ1n) is 5.17. The van der Waals surface area contributed by atoms with E-state index in [-0.39, 0.29) is 0 Å². The second-order valence-corrected chi connectivity index (χ2v) is 3.61. The molecule has 0 unspecified atom stereocenters. The average molecular weight is 272 g/mol. The number of halogens is 1. The minimum Gasteiger partial charge on any atom is -0.491 e. The van der Waals surface area contributed by atoms with Crippen LogP contribution >= 0.6 is 11.6 Å². The second-order valence-electron chi connectivity index (χ2n) is 3.20. The molecule has 3 N–H and O–H groups in total. The molecule has 18 heavy (non-hydrogen) atoms. The maximum absolute atomic E-state index is 10.5. The number of carbonyl (C=O) groups is 1. The summed E-state index contributed by atoms with van der Waals surface area (Å²) in [5, 5.41) is 4.03. The average Bonchev–Trinajstić information content (AvgIpc) is 2.28. The van der Waals surface area contributed by atoms with Crippen molar-refractivity contribution in [2.45, 2.75) is 6.92 Å². The van der Waals surface area contributed by atoms with Gasteiger partial charge in [0.05, 0.1) is 25.0 Å². The third-order valence-corrected chi connectivity index (χ3v) is 2.20. The van der Waals surface area contributed by atoms with Gasteiger partial charge in [-0.05, 0) is 24.6 Å². The van der Waals surface area contributed by atoms with Crippen LogP contribution in [0.4, 0.5) is 4.79 Å². The maximum atomic E-state index is 10.5. The third-order valence-electron chi connectivity index (χ3n) is 1.92. The Balaban J connectivity index is 3.00. The third kappa shape index (κ3) is 3.81. The van der Waals surface area contributed by atoms with Gasteiger partial charge < -0.3 is 15.2 Å². The molecule has 0 aliphatic carbocycles. The highest BCUT2D eigenvalue weighted by atomic mass is 35.5. The summed E-state index contributed by atoms with van der Waals surface area (Å²) in [4.78, 5) is 10.5. The van der Waals surface area contributed by atoms with Crippen molar-refractivity contribution in [1.29, 1.82) is 0 Å². The van der Waals surface area contributed by atoms with E-state index >= 15 is 0 Å². The van der Waals surface area contributed by atoms with Gasteiger partial charge in [0.2, 0.25) is 0 Å². The van der Waals surface area contributed by atoms with E-state index in [1.807, 2.05) is 6.92 Å². The normalized spacial score (nSPS) is 10.4. The molecule has 6 nitrogen and oxygen atoms in total. The molecule has 0 aliphatic heterocycles. The summed E-state index contributed by atoms with van der Waals surface area (Å²) in [6, 6.07) is 2.59. The minimum absolute atomic E-state index is 0.393. The molecule has 98 valence electrons. The predicted molar refractivity (Wildman–Crippen MR) is 69.5 cm³/mol. The van der Waals surface area contributed by atoms with E-state index in [2.05, 4.69) is 10.5 Å². The van der Waals surface area contributed by atoms with Crippen LogP contribution in [0.5, 0.6) is 11.5 Å². The van der Waals surface area contributed by atoms with Crippen molar-refractivity contribution in [3.63, 3.8) is 0 Å². The first kappa shape index (κ1) is 14.1. The van der Waals surface area contributed by atoms with Gasteiger partial charge in [0, 0.05) is 0 Å². The standard InChI is InChI=1S/C11H14ClN3O3/c1-3-18-9-5-7(6-14-15-11(13)16)4-8(12)10(9)17-2/h4-6H,3H2,1-2H3,(H3,13,15,16)/b14-6+. The lowest BCUT2D eigenvalue weighted by Gasteiger charge is -2.11. The molecule has 0 radical (unpaired) electrons.